The fourth-order valence-electron chi connectivity index (χ4n) is 2.37. The summed E-state index contributed by atoms with van der Waals surface area (Å²) >= 11 is 1.76. The minimum absolute atomic E-state index is 0.0362. The molecule has 6 heteroatoms. The Bertz CT molecular complexity index is 510. The van der Waals surface area contributed by atoms with Gasteiger partial charge in [0.25, 0.3) is 0 Å². The summed E-state index contributed by atoms with van der Waals surface area (Å²) < 4.78 is 5.58. The van der Waals surface area contributed by atoms with Crippen LogP contribution in [0.1, 0.15) is 18.9 Å². The number of hydrogen-bond donors (Lipinski definition) is 1. The van der Waals surface area contributed by atoms with Crippen LogP contribution in [0, 0.1) is 0 Å². The van der Waals surface area contributed by atoms with Crippen molar-refractivity contribution in [2.75, 3.05) is 32.0 Å². The Morgan fingerprint density at radius 1 is 1.35 bits per heavy atom. The number of benzene rings is 1. The van der Waals surface area contributed by atoms with Crippen LogP contribution in [-0.4, -0.2) is 54.8 Å². The number of nitrogens with zero attached hydrogens (tertiary/aromatic N) is 1. The summed E-state index contributed by atoms with van der Waals surface area (Å²) in [6, 6.07) is 10.2. The average Bonchev–Trinajstić information content (AvgIpc) is 2.58. The van der Waals surface area contributed by atoms with Crippen molar-refractivity contribution in [3.8, 4) is 0 Å². The summed E-state index contributed by atoms with van der Waals surface area (Å²) in [5.41, 5.74) is 1.28. The lowest BCUT2D eigenvalue weighted by molar-refractivity contribution is -0.136. The van der Waals surface area contributed by atoms with E-state index in [0.29, 0.717) is 32.7 Å². The molecule has 126 valence electrons. The lowest BCUT2D eigenvalue weighted by Gasteiger charge is -2.32. The first-order chi connectivity index (χ1) is 11.1. The van der Waals surface area contributed by atoms with Crippen molar-refractivity contribution in [2.45, 2.75) is 25.2 Å². The van der Waals surface area contributed by atoms with E-state index in [1.54, 1.807) is 23.6 Å². The Kier molecular flexibility index (Phi) is 7.42. The molecule has 1 aliphatic heterocycles. The van der Waals surface area contributed by atoms with E-state index in [1.807, 2.05) is 18.2 Å². The number of morpholine rings is 1. The average molecular weight is 336 g/mol. The summed E-state index contributed by atoms with van der Waals surface area (Å²) in [6.45, 7) is 3.75. The Morgan fingerprint density at radius 3 is 2.87 bits per heavy atom. The standard InChI is InChI=1S/C17H24N2O3S/c1-14(20)19-8-9-22-16(12-19)11-18-17(21)7-10-23-13-15-5-3-2-4-6-15/h2-6,16H,7-13H2,1H3,(H,18,21)/t16-/m0/s1. The second-order valence-electron chi connectivity index (χ2n) is 5.55. The van der Waals surface area contributed by atoms with Gasteiger partial charge in [0.1, 0.15) is 0 Å². The van der Waals surface area contributed by atoms with Gasteiger partial charge in [0.05, 0.1) is 12.7 Å². The second kappa shape index (κ2) is 9.57. The molecule has 0 aliphatic carbocycles. The van der Waals surface area contributed by atoms with Crippen molar-refractivity contribution in [3.05, 3.63) is 35.9 Å². The van der Waals surface area contributed by atoms with Crippen molar-refractivity contribution in [1.82, 2.24) is 10.2 Å². The molecule has 0 bridgehead atoms. The van der Waals surface area contributed by atoms with Gasteiger partial charge in [-0.3, -0.25) is 9.59 Å². The fraction of sp³-hybridized carbons (Fsp3) is 0.529. The second-order valence-corrected chi connectivity index (χ2v) is 6.66. The van der Waals surface area contributed by atoms with Gasteiger partial charge >= 0.3 is 0 Å². The molecule has 2 rings (SSSR count). The summed E-state index contributed by atoms with van der Waals surface area (Å²) in [5, 5.41) is 2.90. The van der Waals surface area contributed by atoms with E-state index in [0.717, 1.165) is 11.5 Å². The van der Waals surface area contributed by atoms with E-state index < -0.39 is 0 Å². The quantitative estimate of drug-likeness (QED) is 0.770. The Labute approximate surface area is 141 Å². The molecule has 1 aromatic rings. The molecule has 1 fully saturated rings. The maximum absolute atomic E-state index is 11.9. The summed E-state index contributed by atoms with van der Waals surface area (Å²) in [7, 11) is 0. The molecule has 5 nitrogen and oxygen atoms in total. The molecule has 0 unspecified atom stereocenters. The first-order valence-corrected chi connectivity index (χ1v) is 9.06. The number of hydrogen-bond acceptors (Lipinski definition) is 4. The topological polar surface area (TPSA) is 58.6 Å². The van der Waals surface area contributed by atoms with Crippen molar-refractivity contribution in [1.29, 1.82) is 0 Å². The molecular formula is C17H24N2O3S. The monoisotopic (exact) mass is 336 g/mol. The molecule has 0 spiro atoms. The third kappa shape index (κ3) is 6.62. The Hall–Kier alpha value is -1.53. The molecule has 1 saturated heterocycles. The lowest BCUT2D eigenvalue weighted by atomic mass is 10.2. The predicted octanol–water partition coefficient (Wildman–Crippen LogP) is 1.67. The number of thioether (sulfide) groups is 1. The van der Waals surface area contributed by atoms with Crippen molar-refractivity contribution >= 4 is 23.6 Å². The van der Waals surface area contributed by atoms with Gasteiger partial charge in [-0.25, -0.2) is 0 Å². The molecule has 1 N–H and O–H groups in total. The molecule has 2 amide bonds. The molecule has 1 aromatic carbocycles. The number of ether oxygens (including phenoxy) is 1. The highest BCUT2D eigenvalue weighted by Crippen LogP contribution is 2.12. The van der Waals surface area contributed by atoms with Crippen LogP contribution in [0.15, 0.2) is 30.3 Å². The number of amides is 2. The molecule has 1 atom stereocenters. The van der Waals surface area contributed by atoms with Crippen molar-refractivity contribution < 1.29 is 14.3 Å². The summed E-state index contributed by atoms with van der Waals surface area (Å²) in [6.07, 6.45) is 0.397. The molecule has 23 heavy (non-hydrogen) atoms. The number of carbonyl (C=O) groups is 2. The van der Waals surface area contributed by atoms with Crippen molar-refractivity contribution in [2.24, 2.45) is 0 Å². The van der Waals surface area contributed by atoms with E-state index in [9.17, 15) is 9.59 Å². The van der Waals surface area contributed by atoms with Crippen LogP contribution in [0.3, 0.4) is 0 Å². The Balaban J connectivity index is 1.57. The minimum Gasteiger partial charge on any atom is -0.373 e. The molecular weight excluding hydrogens is 312 g/mol. The van der Waals surface area contributed by atoms with E-state index in [-0.39, 0.29) is 17.9 Å². The number of carbonyl (C=O) groups excluding carboxylic acids is 2. The smallest absolute Gasteiger partial charge is 0.220 e. The van der Waals surface area contributed by atoms with Crippen LogP contribution < -0.4 is 5.32 Å². The highest BCUT2D eigenvalue weighted by molar-refractivity contribution is 7.98. The van der Waals surface area contributed by atoms with E-state index in [2.05, 4.69) is 17.4 Å². The van der Waals surface area contributed by atoms with Gasteiger partial charge in [-0.2, -0.15) is 11.8 Å². The van der Waals surface area contributed by atoms with E-state index in [1.165, 1.54) is 5.56 Å². The van der Waals surface area contributed by atoms with E-state index in [4.69, 9.17) is 4.74 Å². The molecule has 0 saturated carbocycles. The van der Waals surface area contributed by atoms with Gasteiger partial charge in [0.2, 0.25) is 11.8 Å². The van der Waals surface area contributed by atoms with Crippen molar-refractivity contribution in [3.63, 3.8) is 0 Å². The van der Waals surface area contributed by atoms with Crippen LogP contribution in [0.25, 0.3) is 0 Å². The van der Waals surface area contributed by atoms with E-state index >= 15 is 0 Å². The minimum atomic E-state index is -0.103. The van der Waals surface area contributed by atoms with Crippen LogP contribution in [0.5, 0.6) is 0 Å². The third-order valence-corrected chi connectivity index (χ3v) is 4.73. The molecule has 1 heterocycles. The third-order valence-electron chi connectivity index (χ3n) is 3.70. The number of rotatable bonds is 7. The van der Waals surface area contributed by atoms with Gasteiger partial charge in [-0.1, -0.05) is 30.3 Å². The molecule has 0 aromatic heterocycles. The number of nitrogens with one attached hydrogen (secondary N) is 1. The van der Waals surface area contributed by atoms with Crippen LogP contribution in [0.2, 0.25) is 0 Å². The zero-order valence-corrected chi connectivity index (χ0v) is 14.3. The normalized spacial score (nSPS) is 17.8. The first kappa shape index (κ1) is 17.8. The maximum Gasteiger partial charge on any atom is 0.220 e. The molecule has 1 aliphatic rings. The summed E-state index contributed by atoms with van der Waals surface area (Å²) in [5.74, 6) is 1.82. The van der Waals surface area contributed by atoms with Gasteiger partial charge in [-0.05, 0) is 5.56 Å². The zero-order chi connectivity index (χ0) is 16.5. The zero-order valence-electron chi connectivity index (χ0n) is 13.5. The van der Waals surface area contributed by atoms with Crippen LogP contribution in [0.4, 0.5) is 0 Å². The SMILES string of the molecule is CC(=O)N1CCO[C@@H](CNC(=O)CCSCc2ccccc2)C1. The first-order valence-electron chi connectivity index (χ1n) is 7.90. The Morgan fingerprint density at radius 2 is 2.13 bits per heavy atom. The predicted molar refractivity (Wildman–Crippen MR) is 92.2 cm³/mol. The van der Waals surface area contributed by atoms with Gasteiger partial charge in [0, 0.05) is 44.5 Å². The maximum atomic E-state index is 11.9. The molecule has 0 radical (unpaired) electrons. The van der Waals surface area contributed by atoms with Crippen LogP contribution in [-0.2, 0) is 20.1 Å². The lowest BCUT2D eigenvalue weighted by Crippen LogP contribution is -2.49. The highest BCUT2D eigenvalue weighted by atomic mass is 32.2. The van der Waals surface area contributed by atoms with Gasteiger partial charge in [0.15, 0.2) is 0 Å². The fourth-order valence-corrected chi connectivity index (χ4v) is 3.28. The highest BCUT2D eigenvalue weighted by Gasteiger charge is 2.22. The van der Waals surface area contributed by atoms with Gasteiger partial charge in [-0.15, -0.1) is 0 Å². The summed E-state index contributed by atoms with van der Waals surface area (Å²) in [4.78, 5) is 25.0. The largest absolute Gasteiger partial charge is 0.373 e. The van der Waals surface area contributed by atoms with Gasteiger partial charge < -0.3 is 15.0 Å². The van der Waals surface area contributed by atoms with Crippen LogP contribution >= 0.6 is 11.8 Å².